The van der Waals surface area contributed by atoms with E-state index in [0.29, 0.717) is 31.9 Å². The zero-order valence-corrected chi connectivity index (χ0v) is 16.4. The van der Waals surface area contributed by atoms with Gasteiger partial charge in [0.25, 0.3) is 5.91 Å². The van der Waals surface area contributed by atoms with Gasteiger partial charge in [-0.2, -0.15) is 0 Å². The molecule has 2 aromatic rings. The predicted molar refractivity (Wildman–Crippen MR) is 108 cm³/mol. The molecule has 1 saturated heterocycles. The van der Waals surface area contributed by atoms with E-state index in [9.17, 15) is 9.59 Å². The van der Waals surface area contributed by atoms with Gasteiger partial charge in [-0.05, 0) is 46.9 Å². The van der Waals surface area contributed by atoms with Gasteiger partial charge in [0, 0.05) is 31.9 Å². The van der Waals surface area contributed by atoms with Crippen LogP contribution in [0.1, 0.15) is 0 Å². The molecule has 0 unspecified atom stereocenters. The third kappa shape index (κ3) is 4.87. The van der Waals surface area contributed by atoms with Crippen molar-refractivity contribution in [1.29, 1.82) is 0 Å². The van der Waals surface area contributed by atoms with Crippen molar-refractivity contribution in [3.8, 4) is 5.75 Å². The number of hydrogen-bond donors (Lipinski definition) is 1. The van der Waals surface area contributed by atoms with Gasteiger partial charge in [0.05, 0.1) is 3.57 Å². The maximum Gasteiger partial charge on any atom is 0.321 e. The molecule has 6 nitrogen and oxygen atoms in total. The first-order valence-electron chi connectivity index (χ1n) is 8.39. The van der Waals surface area contributed by atoms with Gasteiger partial charge >= 0.3 is 6.03 Å². The number of urea groups is 1. The molecule has 0 saturated carbocycles. The van der Waals surface area contributed by atoms with E-state index in [0.717, 1.165) is 9.26 Å². The summed E-state index contributed by atoms with van der Waals surface area (Å²) in [4.78, 5) is 28.1. The Balaban J connectivity index is 1.45. The average molecular weight is 465 g/mol. The first-order chi connectivity index (χ1) is 12.6. The summed E-state index contributed by atoms with van der Waals surface area (Å²) < 4.78 is 6.59. The Morgan fingerprint density at radius 3 is 2.23 bits per heavy atom. The van der Waals surface area contributed by atoms with Crippen LogP contribution in [-0.4, -0.2) is 54.5 Å². The van der Waals surface area contributed by atoms with Crippen molar-refractivity contribution in [1.82, 2.24) is 9.80 Å². The maximum absolute atomic E-state index is 12.3. The lowest BCUT2D eigenvalue weighted by atomic mass is 10.3. The SMILES string of the molecule is O=C(COc1ccccc1I)N1CCN(C(=O)Nc2ccccc2)CC1. The first-order valence-corrected chi connectivity index (χ1v) is 9.47. The summed E-state index contributed by atoms with van der Waals surface area (Å²) in [6.07, 6.45) is 0. The molecule has 0 aromatic heterocycles. The van der Waals surface area contributed by atoms with Crippen LogP contribution in [0.25, 0.3) is 0 Å². The summed E-state index contributed by atoms with van der Waals surface area (Å²) in [6.45, 7) is 2.04. The normalized spacial score (nSPS) is 14.0. The van der Waals surface area contributed by atoms with Crippen molar-refractivity contribution in [2.75, 3.05) is 38.1 Å². The van der Waals surface area contributed by atoms with E-state index in [1.54, 1.807) is 9.80 Å². The van der Waals surface area contributed by atoms with Crippen LogP contribution in [0, 0.1) is 3.57 Å². The van der Waals surface area contributed by atoms with Crippen molar-refractivity contribution >= 4 is 40.2 Å². The van der Waals surface area contributed by atoms with Crippen LogP contribution in [0.5, 0.6) is 5.75 Å². The second-order valence-corrected chi connectivity index (χ2v) is 7.05. The van der Waals surface area contributed by atoms with Crippen LogP contribution in [0.2, 0.25) is 0 Å². The minimum absolute atomic E-state index is 0.0101. The fourth-order valence-electron chi connectivity index (χ4n) is 2.68. The Labute approximate surface area is 166 Å². The molecule has 0 bridgehead atoms. The van der Waals surface area contributed by atoms with Crippen molar-refractivity contribution in [2.45, 2.75) is 0 Å². The first kappa shape index (κ1) is 18.5. The largest absolute Gasteiger partial charge is 0.483 e. The molecule has 1 N–H and O–H groups in total. The molecule has 7 heteroatoms. The van der Waals surface area contributed by atoms with Gasteiger partial charge in [-0.15, -0.1) is 0 Å². The quantitative estimate of drug-likeness (QED) is 0.707. The third-order valence-electron chi connectivity index (χ3n) is 4.13. The number of carbonyl (C=O) groups is 2. The zero-order valence-electron chi connectivity index (χ0n) is 14.2. The fraction of sp³-hybridized carbons (Fsp3) is 0.263. The highest BCUT2D eigenvalue weighted by atomic mass is 127. The Hall–Kier alpha value is -2.29. The summed E-state index contributed by atoms with van der Waals surface area (Å²) in [5, 5.41) is 2.87. The molecule has 1 aliphatic rings. The number of anilines is 1. The Morgan fingerprint density at radius 2 is 1.54 bits per heavy atom. The highest BCUT2D eigenvalue weighted by Crippen LogP contribution is 2.19. The van der Waals surface area contributed by atoms with Crippen LogP contribution in [0.3, 0.4) is 0 Å². The van der Waals surface area contributed by atoms with E-state index in [4.69, 9.17) is 4.74 Å². The van der Waals surface area contributed by atoms with E-state index < -0.39 is 0 Å². The number of carbonyl (C=O) groups excluding carboxylic acids is 2. The molecule has 0 aliphatic carbocycles. The number of nitrogens with zero attached hydrogens (tertiary/aromatic N) is 2. The standard InChI is InChI=1S/C19H20IN3O3/c20-16-8-4-5-9-17(16)26-14-18(24)22-10-12-23(13-11-22)19(25)21-15-6-2-1-3-7-15/h1-9H,10-14H2,(H,21,25). The highest BCUT2D eigenvalue weighted by molar-refractivity contribution is 14.1. The number of rotatable bonds is 4. The van der Waals surface area contributed by atoms with Gasteiger partial charge in [-0.1, -0.05) is 30.3 Å². The van der Waals surface area contributed by atoms with E-state index in [2.05, 4.69) is 27.9 Å². The molecule has 0 spiro atoms. The second-order valence-electron chi connectivity index (χ2n) is 5.88. The number of para-hydroxylation sites is 2. The van der Waals surface area contributed by atoms with Gasteiger partial charge < -0.3 is 19.9 Å². The van der Waals surface area contributed by atoms with Crippen molar-refractivity contribution in [3.63, 3.8) is 0 Å². The van der Waals surface area contributed by atoms with Gasteiger partial charge in [0.15, 0.2) is 6.61 Å². The van der Waals surface area contributed by atoms with Crippen molar-refractivity contribution in [3.05, 3.63) is 58.2 Å². The lowest BCUT2D eigenvalue weighted by molar-refractivity contribution is -0.134. The van der Waals surface area contributed by atoms with Gasteiger partial charge in [0.2, 0.25) is 0 Å². The molecule has 2 aromatic carbocycles. The minimum atomic E-state index is -0.140. The summed E-state index contributed by atoms with van der Waals surface area (Å²) in [6, 6.07) is 16.8. The monoisotopic (exact) mass is 465 g/mol. The number of halogens is 1. The molecule has 1 aliphatic heterocycles. The Morgan fingerprint density at radius 1 is 0.923 bits per heavy atom. The van der Waals surface area contributed by atoms with Crippen molar-refractivity contribution < 1.29 is 14.3 Å². The summed E-state index contributed by atoms with van der Waals surface area (Å²) in [7, 11) is 0. The molecule has 0 radical (unpaired) electrons. The number of hydrogen-bond acceptors (Lipinski definition) is 3. The number of ether oxygens (including phenoxy) is 1. The molecule has 3 amide bonds. The summed E-state index contributed by atoms with van der Waals surface area (Å²) in [5.41, 5.74) is 0.766. The van der Waals surface area contributed by atoms with Crippen LogP contribution in [-0.2, 0) is 4.79 Å². The predicted octanol–water partition coefficient (Wildman–Crippen LogP) is 3.05. The number of piperazine rings is 1. The van der Waals surface area contributed by atoms with E-state index in [-0.39, 0.29) is 18.5 Å². The number of benzene rings is 2. The summed E-state index contributed by atoms with van der Waals surface area (Å²) >= 11 is 2.18. The smallest absolute Gasteiger partial charge is 0.321 e. The maximum atomic E-state index is 12.3. The Kier molecular flexibility index (Phi) is 6.32. The van der Waals surface area contributed by atoms with Crippen LogP contribution in [0.4, 0.5) is 10.5 Å². The third-order valence-corrected chi connectivity index (χ3v) is 5.02. The zero-order chi connectivity index (χ0) is 18.4. The molecule has 26 heavy (non-hydrogen) atoms. The Bertz CT molecular complexity index is 762. The topological polar surface area (TPSA) is 61.9 Å². The minimum Gasteiger partial charge on any atom is -0.483 e. The molecule has 1 fully saturated rings. The van der Waals surface area contributed by atoms with Crippen LogP contribution < -0.4 is 10.1 Å². The molecule has 3 rings (SSSR count). The molecular formula is C19H20IN3O3. The molecule has 1 heterocycles. The van der Waals surface area contributed by atoms with Gasteiger partial charge in [-0.25, -0.2) is 4.79 Å². The number of amides is 3. The van der Waals surface area contributed by atoms with E-state index >= 15 is 0 Å². The highest BCUT2D eigenvalue weighted by Gasteiger charge is 2.24. The van der Waals surface area contributed by atoms with Crippen molar-refractivity contribution in [2.24, 2.45) is 0 Å². The van der Waals surface area contributed by atoms with Gasteiger partial charge in [-0.3, -0.25) is 4.79 Å². The van der Waals surface area contributed by atoms with E-state index in [1.807, 2.05) is 54.6 Å². The average Bonchev–Trinajstić information content (AvgIpc) is 2.68. The van der Waals surface area contributed by atoms with Crippen LogP contribution >= 0.6 is 22.6 Å². The van der Waals surface area contributed by atoms with E-state index in [1.165, 1.54) is 0 Å². The second kappa shape index (κ2) is 8.88. The molecular weight excluding hydrogens is 445 g/mol. The fourth-order valence-corrected chi connectivity index (χ4v) is 3.22. The lowest BCUT2D eigenvalue weighted by Gasteiger charge is -2.34. The molecule has 0 atom stereocenters. The van der Waals surface area contributed by atoms with Gasteiger partial charge in [0.1, 0.15) is 5.75 Å². The lowest BCUT2D eigenvalue weighted by Crippen LogP contribution is -2.52. The van der Waals surface area contributed by atoms with Crippen LogP contribution in [0.15, 0.2) is 54.6 Å². The summed E-state index contributed by atoms with van der Waals surface area (Å²) in [5.74, 6) is 0.648. The number of nitrogens with one attached hydrogen (secondary N) is 1. The molecule has 136 valence electrons.